The van der Waals surface area contributed by atoms with Gasteiger partial charge in [0.2, 0.25) is 0 Å². The highest BCUT2D eigenvalue weighted by Gasteiger charge is 2.14. The summed E-state index contributed by atoms with van der Waals surface area (Å²) in [6.45, 7) is 9.32. The number of ether oxygens (including phenoxy) is 1. The Kier molecular flexibility index (Phi) is 6.58. The normalized spacial score (nSPS) is 11.6. The average Bonchev–Trinajstić information content (AvgIpc) is 2.37. The molecule has 0 radical (unpaired) electrons. The van der Waals surface area contributed by atoms with Crippen molar-refractivity contribution in [2.75, 3.05) is 19.4 Å². The predicted octanol–water partition coefficient (Wildman–Crippen LogP) is 3.71. The Balaban J connectivity index is 2.42. The maximum absolute atomic E-state index is 5.63. The Morgan fingerprint density at radius 2 is 2.11 bits per heavy atom. The van der Waals surface area contributed by atoms with E-state index in [4.69, 9.17) is 4.74 Å². The van der Waals surface area contributed by atoms with Gasteiger partial charge in [0.25, 0.3) is 0 Å². The maximum Gasteiger partial charge on any atom is 0.119 e. The molecular formula is C15H25NOS. The zero-order valence-electron chi connectivity index (χ0n) is 12.0. The average molecular weight is 267 g/mol. The summed E-state index contributed by atoms with van der Waals surface area (Å²) in [6, 6.07) is 8.33. The number of thioether (sulfide) groups is 1. The van der Waals surface area contributed by atoms with Crippen molar-refractivity contribution in [1.29, 1.82) is 0 Å². The first-order valence-electron chi connectivity index (χ1n) is 6.55. The minimum atomic E-state index is 0.288. The second-order valence-corrected chi connectivity index (χ2v) is 6.58. The largest absolute Gasteiger partial charge is 0.494 e. The fourth-order valence-electron chi connectivity index (χ4n) is 1.55. The first-order valence-corrected chi connectivity index (χ1v) is 7.77. The van der Waals surface area contributed by atoms with Gasteiger partial charge in [0, 0.05) is 17.8 Å². The first kappa shape index (κ1) is 15.4. The molecule has 0 saturated carbocycles. The topological polar surface area (TPSA) is 21.3 Å². The standard InChI is InChI=1S/C15H25NOS/c1-5-9-17-14-8-6-7-13(10-14)11-16-12-15(2,3)18-4/h6-8,10,16H,5,9,11-12H2,1-4H3. The van der Waals surface area contributed by atoms with Gasteiger partial charge in [-0.1, -0.05) is 19.1 Å². The van der Waals surface area contributed by atoms with Gasteiger partial charge in [0.05, 0.1) is 6.61 Å². The third-order valence-corrected chi connectivity index (χ3v) is 4.05. The molecule has 0 amide bonds. The lowest BCUT2D eigenvalue weighted by Gasteiger charge is -2.22. The fraction of sp³-hybridized carbons (Fsp3) is 0.600. The molecule has 1 aromatic carbocycles. The number of nitrogens with one attached hydrogen (secondary N) is 1. The van der Waals surface area contributed by atoms with E-state index in [-0.39, 0.29) is 4.75 Å². The zero-order chi connectivity index (χ0) is 13.4. The van der Waals surface area contributed by atoms with Crippen molar-refractivity contribution < 1.29 is 4.74 Å². The van der Waals surface area contributed by atoms with Crippen LogP contribution in [-0.4, -0.2) is 24.2 Å². The summed E-state index contributed by atoms with van der Waals surface area (Å²) >= 11 is 1.89. The minimum Gasteiger partial charge on any atom is -0.494 e. The van der Waals surface area contributed by atoms with Crippen LogP contribution in [0.4, 0.5) is 0 Å². The van der Waals surface area contributed by atoms with Gasteiger partial charge in [-0.3, -0.25) is 0 Å². The molecule has 102 valence electrons. The molecule has 0 unspecified atom stereocenters. The number of hydrogen-bond donors (Lipinski definition) is 1. The van der Waals surface area contributed by atoms with E-state index in [9.17, 15) is 0 Å². The number of benzene rings is 1. The third-order valence-electron chi connectivity index (χ3n) is 2.80. The molecule has 2 nitrogen and oxygen atoms in total. The van der Waals surface area contributed by atoms with Crippen LogP contribution in [0.3, 0.4) is 0 Å². The number of rotatable bonds is 8. The zero-order valence-corrected chi connectivity index (χ0v) is 12.8. The summed E-state index contributed by atoms with van der Waals surface area (Å²) in [6.07, 6.45) is 3.20. The monoisotopic (exact) mass is 267 g/mol. The van der Waals surface area contributed by atoms with Gasteiger partial charge in [-0.2, -0.15) is 11.8 Å². The summed E-state index contributed by atoms with van der Waals surface area (Å²) in [4.78, 5) is 0. The van der Waals surface area contributed by atoms with Crippen molar-refractivity contribution in [2.24, 2.45) is 0 Å². The maximum atomic E-state index is 5.63. The van der Waals surface area contributed by atoms with Crippen molar-refractivity contribution in [3.8, 4) is 5.75 Å². The molecule has 18 heavy (non-hydrogen) atoms. The third kappa shape index (κ3) is 5.78. The van der Waals surface area contributed by atoms with Crippen LogP contribution in [0.25, 0.3) is 0 Å². The van der Waals surface area contributed by atoms with E-state index in [2.05, 4.69) is 50.5 Å². The summed E-state index contributed by atoms with van der Waals surface area (Å²) in [5, 5.41) is 3.50. The highest BCUT2D eigenvalue weighted by atomic mass is 32.2. The highest BCUT2D eigenvalue weighted by molar-refractivity contribution is 7.99. The summed E-state index contributed by atoms with van der Waals surface area (Å²) in [5.74, 6) is 0.972. The van der Waals surface area contributed by atoms with Crippen molar-refractivity contribution in [3.63, 3.8) is 0 Å². The van der Waals surface area contributed by atoms with Crippen LogP contribution in [-0.2, 0) is 6.54 Å². The van der Waals surface area contributed by atoms with Crippen LogP contribution < -0.4 is 10.1 Å². The molecule has 0 aromatic heterocycles. The molecule has 0 saturated heterocycles. The predicted molar refractivity (Wildman–Crippen MR) is 81.5 cm³/mol. The van der Waals surface area contributed by atoms with Crippen LogP contribution in [0.1, 0.15) is 32.8 Å². The molecule has 0 bridgehead atoms. The molecule has 0 heterocycles. The van der Waals surface area contributed by atoms with Crippen molar-refractivity contribution in [2.45, 2.75) is 38.5 Å². The fourth-order valence-corrected chi connectivity index (χ4v) is 1.79. The second kappa shape index (κ2) is 7.70. The minimum absolute atomic E-state index is 0.288. The molecule has 3 heteroatoms. The quantitative estimate of drug-likeness (QED) is 0.776. The summed E-state index contributed by atoms with van der Waals surface area (Å²) in [7, 11) is 0. The molecule has 0 aliphatic heterocycles. The van der Waals surface area contributed by atoms with Gasteiger partial charge < -0.3 is 10.1 Å². The molecule has 0 aliphatic carbocycles. The molecule has 1 N–H and O–H groups in total. The van der Waals surface area contributed by atoms with E-state index >= 15 is 0 Å². The molecular weight excluding hydrogens is 242 g/mol. The molecule has 1 aromatic rings. The highest BCUT2D eigenvalue weighted by Crippen LogP contribution is 2.20. The Labute approximate surface area is 116 Å². The Hall–Kier alpha value is -0.670. The van der Waals surface area contributed by atoms with Gasteiger partial charge >= 0.3 is 0 Å². The van der Waals surface area contributed by atoms with Crippen molar-refractivity contribution in [1.82, 2.24) is 5.32 Å². The van der Waals surface area contributed by atoms with Crippen molar-refractivity contribution in [3.05, 3.63) is 29.8 Å². The summed E-state index contributed by atoms with van der Waals surface area (Å²) < 4.78 is 5.92. The lowest BCUT2D eigenvalue weighted by atomic mass is 10.2. The number of hydrogen-bond acceptors (Lipinski definition) is 3. The molecule has 0 spiro atoms. The second-order valence-electron chi connectivity index (χ2n) is 5.06. The van der Waals surface area contributed by atoms with Crippen LogP contribution >= 0.6 is 11.8 Å². The SMILES string of the molecule is CCCOc1cccc(CNCC(C)(C)SC)c1. The van der Waals surface area contributed by atoms with Gasteiger partial charge in [0.15, 0.2) is 0 Å². The van der Waals surface area contributed by atoms with E-state index in [1.54, 1.807) is 0 Å². The van der Waals surface area contributed by atoms with Gasteiger partial charge in [0.1, 0.15) is 5.75 Å². The van der Waals surface area contributed by atoms with E-state index in [0.717, 1.165) is 31.9 Å². The van der Waals surface area contributed by atoms with Crippen LogP contribution in [0.15, 0.2) is 24.3 Å². The van der Waals surface area contributed by atoms with Crippen LogP contribution in [0.2, 0.25) is 0 Å². The Morgan fingerprint density at radius 3 is 2.78 bits per heavy atom. The molecule has 0 fully saturated rings. The van der Waals surface area contributed by atoms with E-state index in [0.29, 0.717) is 0 Å². The molecule has 0 atom stereocenters. The van der Waals surface area contributed by atoms with Gasteiger partial charge in [-0.15, -0.1) is 0 Å². The smallest absolute Gasteiger partial charge is 0.119 e. The Bertz CT molecular complexity index is 352. The Morgan fingerprint density at radius 1 is 1.33 bits per heavy atom. The lowest BCUT2D eigenvalue weighted by molar-refractivity contribution is 0.317. The van der Waals surface area contributed by atoms with E-state index < -0.39 is 0 Å². The van der Waals surface area contributed by atoms with Crippen LogP contribution in [0, 0.1) is 0 Å². The van der Waals surface area contributed by atoms with Crippen molar-refractivity contribution >= 4 is 11.8 Å². The molecule has 0 aliphatic rings. The van der Waals surface area contributed by atoms with Gasteiger partial charge in [-0.25, -0.2) is 0 Å². The van der Waals surface area contributed by atoms with E-state index in [1.807, 2.05) is 17.8 Å². The van der Waals surface area contributed by atoms with Gasteiger partial charge in [-0.05, 0) is 44.2 Å². The van der Waals surface area contributed by atoms with E-state index in [1.165, 1.54) is 5.56 Å². The summed E-state index contributed by atoms with van der Waals surface area (Å²) in [5.41, 5.74) is 1.28. The van der Waals surface area contributed by atoms with Crippen LogP contribution in [0.5, 0.6) is 5.75 Å². The lowest BCUT2D eigenvalue weighted by Crippen LogP contribution is -2.31. The first-order chi connectivity index (χ1) is 8.57. The molecule has 1 rings (SSSR count).